The number of aromatic nitrogens is 4. The molecule has 0 unspecified atom stereocenters. The molecular weight excluding hydrogens is 508 g/mol. The van der Waals surface area contributed by atoms with Gasteiger partial charge in [-0.1, -0.05) is 0 Å². The predicted molar refractivity (Wildman–Crippen MR) is 131 cm³/mol. The zero-order chi connectivity index (χ0) is 26.9. The van der Waals surface area contributed by atoms with Gasteiger partial charge in [-0.2, -0.15) is 18.3 Å². The number of ether oxygens (including phenoxy) is 1. The molecule has 0 bridgehead atoms. The Labute approximate surface area is 213 Å². The zero-order valence-electron chi connectivity index (χ0n) is 19.8. The van der Waals surface area contributed by atoms with Gasteiger partial charge in [0.1, 0.15) is 23.5 Å². The molecular formula is C24H22F4N8O2. The highest BCUT2D eigenvalue weighted by molar-refractivity contribution is 5.99. The highest BCUT2D eigenvalue weighted by Gasteiger charge is 2.31. The summed E-state index contributed by atoms with van der Waals surface area (Å²) in [5, 5.41) is 8.96. The van der Waals surface area contributed by atoms with Gasteiger partial charge in [0.25, 0.3) is 0 Å². The van der Waals surface area contributed by atoms with Crippen molar-refractivity contribution >= 4 is 28.9 Å². The molecule has 4 heterocycles. The summed E-state index contributed by atoms with van der Waals surface area (Å²) in [4.78, 5) is 22.9. The fourth-order valence-corrected chi connectivity index (χ4v) is 4.19. The second-order valence-electron chi connectivity index (χ2n) is 8.58. The average molecular weight is 530 g/mol. The van der Waals surface area contributed by atoms with Gasteiger partial charge in [0.2, 0.25) is 0 Å². The number of nitrogens with zero attached hydrogens (tertiary/aromatic N) is 5. The third-order valence-electron chi connectivity index (χ3n) is 5.94. The predicted octanol–water partition coefficient (Wildman–Crippen LogP) is 4.01. The van der Waals surface area contributed by atoms with Crippen molar-refractivity contribution in [3.63, 3.8) is 0 Å². The lowest BCUT2D eigenvalue weighted by Crippen LogP contribution is -2.36. The summed E-state index contributed by atoms with van der Waals surface area (Å²) in [7, 11) is 0. The van der Waals surface area contributed by atoms with E-state index < -0.39 is 23.6 Å². The van der Waals surface area contributed by atoms with Crippen LogP contribution in [0.4, 0.5) is 39.7 Å². The average Bonchev–Trinajstić information content (AvgIpc) is 3.24. The third kappa shape index (κ3) is 5.50. The molecule has 1 saturated heterocycles. The Balaban J connectivity index is 1.34. The molecule has 14 heteroatoms. The number of carbonyl (C=O) groups is 1. The van der Waals surface area contributed by atoms with E-state index in [-0.39, 0.29) is 17.3 Å². The summed E-state index contributed by atoms with van der Waals surface area (Å²) in [5.74, 6) is -0.716. The molecule has 1 aromatic carbocycles. The van der Waals surface area contributed by atoms with Gasteiger partial charge in [0.15, 0.2) is 5.82 Å². The van der Waals surface area contributed by atoms with E-state index in [1.807, 2.05) is 6.07 Å². The SMILES string of the molecule is Nc1ncnn2c(CN3CCOCC3)cc(-c3ccc(NC(=O)Nc4cc(F)cc(C(F)(F)F)c4)nc3)c12. The summed E-state index contributed by atoms with van der Waals surface area (Å²) >= 11 is 0. The third-order valence-corrected chi connectivity index (χ3v) is 5.94. The number of hydrogen-bond donors (Lipinski definition) is 3. The Morgan fingerprint density at radius 2 is 1.87 bits per heavy atom. The highest BCUT2D eigenvalue weighted by Crippen LogP contribution is 2.32. The van der Waals surface area contributed by atoms with Crippen LogP contribution < -0.4 is 16.4 Å². The largest absolute Gasteiger partial charge is 0.416 e. The Hall–Kier alpha value is -4.30. The van der Waals surface area contributed by atoms with Crippen LogP contribution in [0, 0.1) is 5.82 Å². The second kappa shape index (κ2) is 10.2. The molecule has 4 aromatic rings. The number of fused-ring (bicyclic) bond motifs is 1. The molecule has 10 nitrogen and oxygen atoms in total. The first-order valence-electron chi connectivity index (χ1n) is 11.5. The van der Waals surface area contributed by atoms with E-state index >= 15 is 0 Å². The first-order valence-corrected chi connectivity index (χ1v) is 11.5. The summed E-state index contributed by atoms with van der Waals surface area (Å²) in [6, 6.07) is 6.06. The molecule has 198 valence electrons. The fraction of sp³-hybridized carbons (Fsp3) is 0.250. The van der Waals surface area contributed by atoms with Crippen molar-refractivity contribution < 1.29 is 27.1 Å². The number of carbonyl (C=O) groups excluding carboxylic acids is 1. The molecule has 1 aliphatic rings. The number of morpholine rings is 1. The number of hydrogen-bond acceptors (Lipinski definition) is 7. The van der Waals surface area contributed by atoms with Gasteiger partial charge in [-0.05, 0) is 36.4 Å². The van der Waals surface area contributed by atoms with Crippen molar-refractivity contribution in [3.8, 4) is 11.1 Å². The molecule has 0 radical (unpaired) electrons. The topological polar surface area (TPSA) is 123 Å². The molecule has 38 heavy (non-hydrogen) atoms. The Morgan fingerprint density at radius 1 is 1.08 bits per heavy atom. The van der Waals surface area contributed by atoms with E-state index in [1.54, 1.807) is 10.6 Å². The number of pyridine rings is 1. The number of benzene rings is 1. The van der Waals surface area contributed by atoms with Crippen molar-refractivity contribution in [1.29, 1.82) is 0 Å². The second-order valence-corrected chi connectivity index (χ2v) is 8.58. The molecule has 3 aromatic heterocycles. The molecule has 5 rings (SSSR count). The molecule has 0 saturated carbocycles. The normalized spacial score (nSPS) is 14.5. The minimum absolute atomic E-state index is 0.125. The van der Waals surface area contributed by atoms with E-state index in [9.17, 15) is 22.4 Å². The smallest absolute Gasteiger partial charge is 0.382 e. The van der Waals surface area contributed by atoms with E-state index in [0.717, 1.165) is 30.4 Å². The number of anilines is 3. The molecule has 4 N–H and O–H groups in total. The minimum Gasteiger partial charge on any atom is -0.382 e. The molecule has 0 atom stereocenters. The zero-order valence-corrected chi connectivity index (χ0v) is 19.8. The van der Waals surface area contributed by atoms with Gasteiger partial charge in [-0.25, -0.2) is 23.7 Å². The van der Waals surface area contributed by atoms with Crippen LogP contribution in [-0.4, -0.2) is 56.8 Å². The minimum atomic E-state index is -4.76. The van der Waals surface area contributed by atoms with Crippen molar-refractivity contribution in [2.24, 2.45) is 0 Å². The Kier molecular flexibility index (Phi) is 6.82. The van der Waals surface area contributed by atoms with E-state index in [0.29, 0.717) is 43.0 Å². The highest BCUT2D eigenvalue weighted by atomic mass is 19.4. The molecule has 2 amide bonds. The fourth-order valence-electron chi connectivity index (χ4n) is 4.19. The van der Waals surface area contributed by atoms with Crippen LogP contribution in [0.1, 0.15) is 11.3 Å². The maximum absolute atomic E-state index is 13.6. The van der Waals surface area contributed by atoms with Gasteiger partial charge >= 0.3 is 12.2 Å². The standard InChI is InChI=1S/C24H22F4N8O2/c25-16-7-15(24(26,27)28)8-17(9-16)33-23(37)34-20-2-1-14(11-30-20)19-10-18(12-35-3-5-38-6-4-35)36-21(19)22(29)31-13-32-36/h1-2,7-11,13H,3-6,12H2,(H2,29,31,32)(H2,30,33,34,37). The Bertz CT molecular complexity index is 1470. The number of urea groups is 1. The van der Waals surface area contributed by atoms with Crippen molar-refractivity contribution in [3.05, 3.63) is 66.0 Å². The maximum Gasteiger partial charge on any atom is 0.416 e. The van der Waals surface area contributed by atoms with Gasteiger partial charge in [-0.15, -0.1) is 0 Å². The number of rotatable bonds is 5. The van der Waals surface area contributed by atoms with Crippen LogP contribution in [0.2, 0.25) is 0 Å². The van der Waals surface area contributed by atoms with Crippen LogP contribution in [-0.2, 0) is 17.5 Å². The summed E-state index contributed by atoms with van der Waals surface area (Å²) in [5.41, 5.74) is 7.55. The van der Waals surface area contributed by atoms with Gasteiger partial charge in [0.05, 0.1) is 24.5 Å². The lowest BCUT2D eigenvalue weighted by Gasteiger charge is -2.26. The molecule has 0 spiro atoms. The first kappa shape index (κ1) is 25.4. The number of nitrogens with one attached hydrogen (secondary N) is 2. The molecule has 0 aliphatic carbocycles. The number of nitrogen functional groups attached to an aromatic ring is 1. The number of nitrogens with two attached hydrogens (primary N) is 1. The lowest BCUT2D eigenvalue weighted by molar-refractivity contribution is -0.137. The summed E-state index contributed by atoms with van der Waals surface area (Å²) < 4.78 is 59.5. The van der Waals surface area contributed by atoms with Crippen molar-refractivity contribution in [2.45, 2.75) is 12.7 Å². The van der Waals surface area contributed by atoms with Crippen LogP contribution >= 0.6 is 0 Å². The van der Waals surface area contributed by atoms with Crippen molar-refractivity contribution in [2.75, 3.05) is 42.7 Å². The Morgan fingerprint density at radius 3 is 2.58 bits per heavy atom. The first-order chi connectivity index (χ1) is 18.2. The maximum atomic E-state index is 13.6. The van der Waals surface area contributed by atoms with Crippen molar-refractivity contribution in [1.82, 2.24) is 24.5 Å². The lowest BCUT2D eigenvalue weighted by atomic mass is 10.1. The van der Waals surface area contributed by atoms with Gasteiger partial charge < -0.3 is 15.8 Å². The summed E-state index contributed by atoms with van der Waals surface area (Å²) in [6.07, 6.45) is -1.86. The van der Waals surface area contributed by atoms with E-state index in [2.05, 4.69) is 30.6 Å². The monoisotopic (exact) mass is 530 g/mol. The van der Waals surface area contributed by atoms with Crippen LogP contribution in [0.25, 0.3) is 16.6 Å². The van der Waals surface area contributed by atoms with E-state index in [1.165, 1.54) is 18.6 Å². The van der Waals surface area contributed by atoms with Crippen LogP contribution in [0.15, 0.2) is 48.9 Å². The number of alkyl halides is 3. The number of halogens is 4. The van der Waals surface area contributed by atoms with Crippen LogP contribution in [0.5, 0.6) is 0 Å². The van der Waals surface area contributed by atoms with Gasteiger partial charge in [0, 0.05) is 42.6 Å². The summed E-state index contributed by atoms with van der Waals surface area (Å²) in [6.45, 7) is 3.52. The molecule has 1 aliphatic heterocycles. The quantitative estimate of drug-likeness (QED) is 0.333. The molecule has 1 fully saturated rings. The number of amides is 2. The van der Waals surface area contributed by atoms with Crippen LogP contribution in [0.3, 0.4) is 0 Å². The van der Waals surface area contributed by atoms with Gasteiger partial charge in [-0.3, -0.25) is 10.2 Å². The van der Waals surface area contributed by atoms with E-state index in [4.69, 9.17) is 10.5 Å².